The zero-order chi connectivity index (χ0) is 16.8. The lowest BCUT2D eigenvalue weighted by Crippen LogP contribution is -2.49. The van der Waals surface area contributed by atoms with Crippen LogP contribution in [0.4, 0.5) is 10.5 Å². The monoisotopic (exact) mass is 327 g/mol. The van der Waals surface area contributed by atoms with Crippen LogP contribution in [0.15, 0.2) is 24.3 Å². The first-order valence-corrected chi connectivity index (χ1v) is 8.25. The molecule has 0 aliphatic carbocycles. The van der Waals surface area contributed by atoms with Crippen LogP contribution in [0.3, 0.4) is 0 Å². The standard InChI is InChI=1S/C18H21N3O3/c22-17-8-11-21(18(23)20-17)15-5-1-3-14(13-15)4-2-12-24-16-6-9-19-10-7-16/h1,3,5,13,16,19H,6-12H2,(H,20,22,23). The van der Waals surface area contributed by atoms with E-state index in [1.165, 1.54) is 0 Å². The summed E-state index contributed by atoms with van der Waals surface area (Å²) < 4.78 is 5.75. The van der Waals surface area contributed by atoms with Gasteiger partial charge in [-0.25, -0.2) is 4.79 Å². The minimum atomic E-state index is -0.384. The Bertz CT molecular complexity index is 672. The topological polar surface area (TPSA) is 70.7 Å². The Morgan fingerprint density at radius 1 is 1.25 bits per heavy atom. The molecule has 0 unspecified atom stereocenters. The maximum absolute atomic E-state index is 11.9. The summed E-state index contributed by atoms with van der Waals surface area (Å²) in [6.07, 6.45) is 2.66. The summed E-state index contributed by atoms with van der Waals surface area (Å²) in [4.78, 5) is 24.7. The van der Waals surface area contributed by atoms with Gasteiger partial charge in [0, 0.05) is 24.2 Å². The summed E-state index contributed by atoms with van der Waals surface area (Å²) in [5.74, 6) is 5.87. The molecule has 1 aromatic carbocycles. The van der Waals surface area contributed by atoms with Crippen LogP contribution in [0.5, 0.6) is 0 Å². The van der Waals surface area contributed by atoms with E-state index >= 15 is 0 Å². The molecule has 2 heterocycles. The van der Waals surface area contributed by atoms with Crippen molar-refractivity contribution in [2.24, 2.45) is 0 Å². The smallest absolute Gasteiger partial charge is 0.328 e. The van der Waals surface area contributed by atoms with Gasteiger partial charge in [-0.3, -0.25) is 15.0 Å². The molecule has 3 rings (SSSR count). The number of rotatable bonds is 3. The largest absolute Gasteiger partial charge is 0.365 e. The van der Waals surface area contributed by atoms with E-state index in [0.29, 0.717) is 25.7 Å². The molecule has 2 N–H and O–H groups in total. The Morgan fingerprint density at radius 2 is 2.08 bits per heavy atom. The van der Waals surface area contributed by atoms with E-state index in [1.54, 1.807) is 4.90 Å². The lowest BCUT2D eigenvalue weighted by Gasteiger charge is -2.26. The maximum Gasteiger partial charge on any atom is 0.328 e. The fourth-order valence-corrected chi connectivity index (χ4v) is 2.82. The third-order valence-corrected chi connectivity index (χ3v) is 4.12. The van der Waals surface area contributed by atoms with Crippen LogP contribution in [0.2, 0.25) is 0 Å². The van der Waals surface area contributed by atoms with E-state index in [4.69, 9.17) is 4.74 Å². The van der Waals surface area contributed by atoms with Crippen molar-refractivity contribution in [3.05, 3.63) is 29.8 Å². The molecule has 0 spiro atoms. The first-order valence-electron chi connectivity index (χ1n) is 8.25. The molecule has 126 valence electrons. The van der Waals surface area contributed by atoms with Crippen molar-refractivity contribution in [3.8, 4) is 11.8 Å². The highest BCUT2D eigenvalue weighted by Crippen LogP contribution is 2.18. The van der Waals surface area contributed by atoms with E-state index in [0.717, 1.165) is 37.2 Å². The van der Waals surface area contributed by atoms with E-state index in [1.807, 2.05) is 24.3 Å². The molecular formula is C18H21N3O3. The zero-order valence-electron chi connectivity index (χ0n) is 13.5. The van der Waals surface area contributed by atoms with Gasteiger partial charge in [0.1, 0.15) is 6.61 Å². The van der Waals surface area contributed by atoms with Gasteiger partial charge < -0.3 is 10.1 Å². The minimum Gasteiger partial charge on any atom is -0.365 e. The minimum absolute atomic E-state index is 0.234. The number of nitrogens with one attached hydrogen (secondary N) is 2. The number of ether oxygens (including phenoxy) is 1. The number of amides is 3. The van der Waals surface area contributed by atoms with Crippen LogP contribution < -0.4 is 15.5 Å². The molecule has 6 nitrogen and oxygen atoms in total. The van der Waals surface area contributed by atoms with Gasteiger partial charge in [-0.15, -0.1) is 0 Å². The number of hydrogen-bond acceptors (Lipinski definition) is 4. The van der Waals surface area contributed by atoms with Gasteiger partial charge in [-0.05, 0) is 44.1 Å². The number of carbonyl (C=O) groups is 2. The Balaban J connectivity index is 1.58. The molecule has 0 saturated carbocycles. The number of nitrogens with zero attached hydrogens (tertiary/aromatic N) is 1. The van der Waals surface area contributed by atoms with E-state index in [-0.39, 0.29) is 11.9 Å². The number of carbonyl (C=O) groups excluding carboxylic acids is 2. The van der Waals surface area contributed by atoms with Crippen molar-refractivity contribution >= 4 is 17.6 Å². The maximum atomic E-state index is 11.9. The van der Waals surface area contributed by atoms with E-state index < -0.39 is 0 Å². The van der Waals surface area contributed by atoms with Crippen molar-refractivity contribution in [3.63, 3.8) is 0 Å². The Labute approximate surface area is 141 Å². The van der Waals surface area contributed by atoms with Crippen molar-refractivity contribution in [2.45, 2.75) is 25.4 Å². The van der Waals surface area contributed by atoms with Gasteiger partial charge in [-0.2, -0.15) is 0 Å². The molecule has 0 aromatic heterocycles. The highest BCUT2D eigenvalue weighted by molar-refractivity contribution is 6.05. The number of urea groups is 1. The fourth-order valence-electron chi connectivity index (χ4n) is 2.82. The normalized spacial score (nSPS) is 18.8. The van der Waals surface area contributed by atoms with Crippen LogP contribution in [0, 0.1) is 11.8 Å². The molecule has 0 bridgehead atoms. The van der Waals surface area contributed by atoms with Crippen molar-refractivity contribution in [2.75, 3.05) is 31.1 Å². The van der Waals surface area contributed by atoms with Gasteiger partial charge in [0.2, 0.25) is 5.91 Å². The molecule has 2 fully saturated rings. The number of hydrogen-bond donors (Lipinski definition) is 2. The Kier molecular flexibility index (Phi) is 5.47. The second-order valence-electron chi connectivity index (χ2n) is 5.87. The molecule has 24 heavy (non-hydrogen) atoms. The first kappa shape index (κ1) is 16.5. The van der Waals surface area contributed by atoms with Gasteiger partial charge in [-0.1, -0.05) is 17.9 Å². The molecule has 0 radical (unpaired) electrons. The second-order valence-corrected chi connectivity index (χ2v) is 5.87. The summed E-state index contributed by atoms with van der Waals surface area (Å²) in [6, 6.07) is 7.06. The zero-order valence-corrected chi connectivity index (χ0v) is 13.5. The molecular weight excluding hydrogens is 306 g/mol. The van der Waals surface area contributed by atoms with Crippen LogP contribution in [-0.2, 0) is 9.53 Å². The third-order valence-electron chi connectivity index (χ3n) is 4.12. The van der Waals surface area contributed by atoms with Crippen molar-refractivity contribution in [1.82, 2.24) is 10.6 Å². The lowest BCUT2D eigenvalue weighted by molar-refractivity contribution is -0.120. The van der Waals surface area contributed by atoms with Gasteiger partial charge in [0.25, 0.3) is 0 Å². The molecule has 2 aliphatic rings. The quantitative estimate of drug-likeness (QED) is 0.820. The predicted molar refractivity (Wildman–Crippen MR) is 90.7 cm³/mol. The highest BCUT2D eigenvalue weighted by Gasteiger charge is 2.24. The van der Waals surface area contributed by atoms with Crippen molar-refractivity contribution < 1.29 is 14.3 Å². The summed E-state index contributed by atoms with van der Waals surface area (Å²) in [6.45, 7) is 2.80. The van der Waals surface area contributed by atoms with Crippen LogP contribution in [0.25, 0.3) is 0 Å². The molecule has 2 saturated heterocycles. The second kappa shape index (κ2) is 7.95. The lowest BCUT2D eigenvalue weighted by atomic mass is 10.1. The van der Waals surface area contributed by atoms with Crippen molar-refractivity contribution in [1.29, 1.82) is 0 Å². The predicted octanol–water partition coefficient (Wildman–Crippen LogP) is 1.25. The van der Waals surface area contributed by atoms with E-state index in [2.05, 4.69) is 22.5 Å². The van der Waals surface area contributed by atoms with Gasteiger partial charge >= 0.3 is 6.03 Å². The number of imide groups is 1. The number of piperidine rings is 1. The van der Waals surface area contributed by atoms with E-state index in [9.17, 15) is 9.59 Å². The summed E-state index contributed by atoms with van der Waals surface area (Å²) in [7, 11) is 0. The fraction of sp³-hybridized carbons (Fsp3) is 0.444. The van der Waals surface area contributed by atoms with Crippen LogP contribution in [0.1, 0.15) is 24.8 Å². The summed E-state index contributed by atoms with van der Waals surface area (Å²) in [5, 5.41) is 5.62. The van der Waals surface area contributed by atoms with Crippen LogP contribution >= 0.6 is 0 Å². The molecule has 1 aromatic rings. The number of benzene rings is 1. The number of anilines is 1. The molecule has 2 aliphatic heterocycles. The molecule has 0 atom stereocenters. The Hall–Kier alpha value is -2.36. The molecule has 6 heteroatoms. The third kappa shape index (κ3) is 4.34. The summed E-state index contributed by atoms with van der Waals surface area (Å²) >= 11 is 0. The van der Waals surface area contributed by atoms with Gasteiger partial charge in [0.05, 0.1) is 6.10 Å². The van der Waals surface area contributed by atoms with Crippen LogP contribution in [-0.4, -0.2) is 44.3 Å². The van der Waals surface area contributed by atoms with Gasteiger partial charge in [0.15, 0.2) is 0 Å². The molecule has 3 amide bonds. The SMILES string of the molecule is O=C1CCN(c2cccc(C#CCOC3CCNCC3)c2)C(=O)N1. The average Bonchev–Trinajstić information content (AvgIpc) is 2.60. The summed E-state index contributed by atoms with van der Waals surface area (Å²) in [5.41, 5.74) is 1.57. The Morgan fingerprint density at radius 3 is 2.88 bits per heavy atom. The first-order chi connectivity index (χ1) is 11.7. The average molecular weight is 327 g/mol. The highest BCUT2D eigenvalue weighted by atomic mass is 16.5.